The summed E-state index contributed by atoms with van der Waals surface area (Å²) < 4.78 is 0.948. The predicted molar refractivity (Wildman–Crippen MR) is 95.9 cm³/mol. The molecule has 1 amide bonds. The lowest BCUT2D eigenvalue weighted by Crippen LogP contribution is -2.25. The molecule has 0 unspecified atom stereocenters. The van der Waals surface area contributed by atoms with Gasteiger partial charge in [0.05, 0.1) is 10.7 Å². The first-order valence-corrected chi connectivity index (χ1v) is 9.18. The highest BCUT2D eigenvalue weighted by atomic mass is 79.9. The number of thiazole rings is 1. The number of rotatable bonds is 8. The fourth-order valence-corrected chi connectivity index (χ4v) is 3.04. The lowest BCUT2D eigenvalue weighted by atomic mass is 10.1. The van der Waals surface area contributed by atoms with Gasteiger partial charge < -0.3 is 5.32 Å². The van der Waals surface area contributed by atoms with Crippen molar-refractivity contribution in [1.29, 1.82) is 0 Å². The third-order valence-corrected chi connectivity index (χ3v) is 4.69. The highest BCUT2D eigenvalue weighted by Crippen LogP contribution is 2.13. The van der Waals surface area contributed by atoms with Gasteiger partial charge in [-0.15, -0.1) is 11.3 Å². The molecule has 0 bridgehead atoms. The number of nitrogens with one attached hydrogen (secondary N) is 1. The van der Waals surface area contributed by atoms with E-state index in [-0.39, 0.29) is 11.7 Å². The molecule has 4 nitrogen and oxygen atoms in total. The standard InChI is InChI=1S/C17H19BrN2O2S/c1-12-20-15(11-23-12)9-10-19-17(22)4-2-3-16(21)13-5-7-14(18)8-6-13/h5-8,11H,2-4,9-10H2,1H3,(H,19,22). The van der Waals surface area contributed by atoms with E-state index in [9.17, 15) is 9.59 Å². The summed E-state index contributed by atoms with van der Waals surface area (Å²) >= 11 is 4.96. The van der Waals surface area contributed by atoms with Crippen molar-refractivity contribution < 1.29 is 9.59 Å². The summed E-state index contributed by atoms with van der Waals surface area (Å²) in [4.78, 5) is 28.1. The SMILES string of the molecule is Cc1nc(CCNC(=O)CCCC(=O)c2ccc(Br)cc2)cs1. The first-order valence-electron chi connectivity index (χ1n) is 7.51. The monoisotopic (exact) mass is 394 g/mol. The Bertz CT molecular complexity index is 667. The molecule has 0 atom stereocenters. The average Bonchev–Trinajstić information content (AvgIpc) is 2.93. The molecule has 2 aromatic rings. The molecule has 0 saturated carbocycles. The molecule has 0 aliphatic carbocycles. The van der Waals surface area contributed by atoms with Crippen molar-refractivity contribution in [1.82, 2.24) is 10.3 Å². The van der Waals surface area contributed by atoms with E-state index in [2.05, 4.69) is 26.2 Å². The van der Waals surface area contributed by atoms with Gasteiger partial charge >= 0.3 is 0 Å². The Labute approximate surface area is 148 Å². The first-order chi connectivity index (χ1) is 11.0. The maximum Gasteiger partial charge on any atom is 0.220 e. The Morgan fingerprint density at radius 3 is 2.61 bits per heavy atom. The number of carbonyl (C=O) groups excluding carboxylic acids is 2. The van der Waals surface area contributed by atoms with E-state index in [4.69, 9.17) is 0 Å². The molecular weight excluding hydrogens is 376 g/mol. The zero-order valence-electron chi connectivity index (χ0n) is 13.0. The van der Waals surface area contributed by atoms with Crippen molar-refractivity contribution in [2.24, 2.45) is 0 Å². The molecule has 0 saturated heterocycles. The van der Waals surface area contributed by atoms with Gasteiger partial charge in [0, 0.05) is 41.2 Å². The molecule has 1 heterocycles. The number of hydrogen-bond acceptors (Lipinski definition) is 4. The Morgan fingerprint density at radius 1 is 1.22 bits per heavy atom. The number of ketones is 1. The molecule has 122 valence electrons. The van der Waals surface area contributed by atoms with Gasteiger partial charge in [0.15, 0.2) is 5.78 Å². The molecule has 0 aliphatic heterocycles. The largest absolute Gasteiger partial charge is 0.356 e. The van der Waals surface area contributed by atoms with Crippen LogP contribution in [0, 0.1) is 6.92 Å². The van der Waals surface area contributed by atoms with E-state index >= 15 is 0 Å². The average molecular weight is 395 g/mol. The van der Waals surface area contributed by atoms with Gasteiger partial charge in [-0.1, -0.05) is 28.1 Å². The van der Waals surface area contributed by atoms with Crippen molar-refractivity contribution in [3.8, 4) is 0 Å². The van der Waals surface area contributed by atoms with E-state index in [0.717, 1.165) is 21.6 Å². The molecule has 0 fully saturated rings. The molecule has 0 spiro atoms. The summed E-state index contributed by atoms with van der Waals surface area (Å²) in [6.45, 7) is 2.55. The lowest BCUT2D eigenvalue weighted by molar-refractivity contribution is -0.121. The van der Waals surface area contributed by atoms with Gasteiger partial charge in [0.1, 0.15) is 0 Å². The van der Waals surface area contributed by atoms with Crippen LogP contribution in [0.4, 0.5) is 0 Å². The van der Waals surface area contributed by atoms with Crippen LogP contribution in [0.5, 0.6) is 0 Å². The first kappa shape index (κ1) is 17.8. The van der Waals surface area contributed by atoms with Crippen molar-refractivity contribution in [3.05, 3.63) is 50.4 Å². The van der Waals surface area contributed by atoms with E-state index < -0.39 is 0 Å². The molecule has 1 aromatic heterocycles. The minimum absolute atomic E-state index is 0.0134. The number of aryl methyl sites for hydroxylation is 1. The highest BCUT2D eigenvalue weighted by molar-refractivity contribution is 9.10. The molecule has 6 heteroatoms. The van der Waals surface area contributed by atoms with Crippen LogP contribution in [-0.2, 0) is 11.2 Å². The van der Waals surface area contributed by atoms with Gasteiger partial charge in [-0.3, -0.25) is 9.59 Å². The van der Waals surface area contributed by atoms with Gasteiger partial charge in [-0.05, 0) is 25.5 Å². The summed E-state index contributed by atoms with van der Waals surface area (Å²) in [5.74, 6) is 0.0591. The van der Waals surface area contributed by atoms with Gasteiger partial charge in [0.2, 0.25) is 5.91 Å². The van der Waals surface area contributed by atoms with Crippen LogP contribution in [0.1, 0.15) is 40.3 Å². The van der Waals surface area contributed by atoms with Gasteiger partial charge in [-0.2, -0.15) is 0 Å². The fraction of sp³-hybridized carbons (Fsp3) is 0.353. The van der Waals surface area contributed by atoms with E-state index in [1.165, 1.54) is 0 Å². The van der Waals surface area contributed by atoms with Gasteiger partial charge in [0.25, 0.3) is 0 Å². The Balaban J connectivity index is 1.62. The molecule has 2 rings (SSSR count). The third-order valence-electron chi connectivity index (χ3n) is 3.34. The minimum atomic E-state index is -0.0134. The van der Waals surface area contributed by atoms with E-state index in [0.29, 0.717) is 31.4 Å². The van der Waals surface area contributed by atoms with Crippen LogP contribution >= 0.6 is 27.3 Å². The van der Waals surface area contributed by atoms with Gasteiger partial charge in [-0.25, -0.2) is 4.98 Å². The second kappa shape index (κ2) is 8.93. The topological polar surface area (TPSA) is 59.1 Å². The fourth-order valence-electron chi connectivity index (χ4n) is 2.13. The summed E-state index contributed by atoms with van der Waals surface area (Å²) in [7, 11) is 0. The zero-order chi connectivity index (χ0) is 16.7. The number of hydrogen-bond donors (Lipinski definition) is 1. The number of benzene rings is 1. The van der Waals surface area contributed by atoms with Crippen molar-refractivity contribution in [2.45, 2.75) is 32.6 Å². The molecule has 0 aliphatic rings. The van der Waals surface area contributed by atoms with Crippen LogP contribution < -0.4 is 5.32 Å². The maximum absolute atomic E-state index is 12.0. The van der Waals surface area contributed by atoms with Crippen LogP contribution in [-0.4, -0.2) is 23.2 Å². The molecule has 1 N–H and O–H groups in total. The number of amides is 1. The Hall–Kier alpha value is -1.53. The van der Waals surface area contributed by atoms with Crippen LogP contribution in [0.25, 0.3) is 0 Å². The summed E-state index contributed by atoms with van der Waals surface area (Å²) in [6.07, 6.45) is 2.07. The number of halogens is 1. The molecule has 23 heavy (non-hydrogen) atoms. The van der Waals surface area contributed by atoms with E-state index in [1.54, 1.807) is 23.5 Å². The number of carbonyl (C=O) groups is 2. The summed E-state index contributed by atoms with van der Waals surface area (Å²) in [5, 5.41) is 5.92. The number of Topliss-reactive ketones (excluding diaryl/α,β-unsaturated/α-hetero) is 1. The zero-order valence-corrected chi connectivity index (χ0v) is 15.4. The van der Waals surface area contributed by atoms with Crippen LogP contribution in [0.2, 0.25) is 0 Å². The van der Waals surface area contributed by atoms with Crippen molar-refractivity contribution in [3.63, 3.8) is 0 Å². The third kappa shape index (κ3) is 6.23. The number of aromatic nitrogens is 1. The highest BCUT2D eigenvalue weighted by Gasteiger charge is 2.08. The summed E-state index contributed by atoms with van der Waals surface area (Å²) in [5.41, 5.74) is 1.70. The molecule has 0 radical (unpaired) electrons. The second-order valence-corrected chi connectivity index (χ2v) is 7.22. The second-order valence-electron chi connectivity index (χ2n) is 5.24. The molecular formula is C17H19BrN2O2S. The van der Waals surface area contributed by atoms with Crippen LogP contribution in [0.15, 0.2) is 34.1 Å². The predicted octanol–water partition coefficient (Wildman–Crippen LogP) is 3.93. The lowest BCUT2D eigenvalue weighted by Gasteiger charge is -2.04. The Kier molecular flexibility index (Phi) is 6.92. The maximum atomic E-state index is 12.0. The van der Waals surface area contributed by atoms with Crippen molar-refractivity contribution in [2.75, 3.05) is 6.54 Å². The normalized spacial score (nSPS) is 10.5. The molecule has 1 aromatic carbocycles. The van der Waals surface area contributed by atoms with Crippen LogP contribution in [0.3, 0.4) is 0 Å². The number of nitrogens with zero attached hydrogens (tertiary/aromatic N) is 1. The smallest absolute Gasteiger partial charge is 0.220 e. The van der Waals surface area contributed by atoms with E-state index in [1.807, 2.05) is 24.4 Å². The van der Waals surface area contributed by atoms with Crippen molar-refractivity contribution >= 4 is 39.0 Å². The minimum Gasteiger partial charge on any atom is -0.356 e. The quantitative estimate of drug-likeness (QED) is 0.690. The summed E-state index contributed by atoms with van der Waals surface area (Å²) in [6, 6.07) is 7.28. The Morgan fingerprint density at radius 2 is 1.96 bits per heavy atom.